The highest BCUT2D eigenvalue weighted by Gasteiger charge is 2.30. The molecule has 0 unspecified atom stereocenters. The molecule has 11 heteroatoms. The molecular formula is C18H18Cl2N6O3. The van der Waals surface area contributed by atoms with Gasteiger partial charge in [0.25, 0.3) is 5.91 Å². The van der Waals surface area contributed by atoms with Crippen molar-refractivity contribution in [3.8, 4) is 0 Å². The minimum Gasteiger partial charge on any atom is -0.317 e. The molecule has 29 heavy (non-hydrogen) atoms. The predicted molar refractivity (Wildman–Crippen MR) is 110 cm³/mol. The van der Waals surface area contributed by atoms with Gasteiger partial charge in [-0.15, -0.1) is 0 Å². The lowest BCUT2D eigenvalue weighted by molar-refractivity contribution is -0.385. The van der Waals surface area contributed by atoms with Crippen LogP contribution < -0.4 is 5.32 Å². The summed E-state index contributed by atoms with van der Waals surface area (Å²) in [4.78, 5) is 23.4. The quantitative estimate of drug-likeness (QED) is 0.479. The average molecular weight is 437 g/mol. The lowest BCUT2D eigenvalue weighted by Crippen LogP contribution is -2.16. The fourth-order valence-corrected chi connectivity index (χ4v) is 3.45. The number of hydrogen-bond acceptors (Lipinski definition) is 5. The number of carbonyl (C=O) groups is 1. The monoisotopic (exact) mass is 436 g/mol. The lowest BCUT2D eigenvalue weighted by Gasteiger charge is -2.08. The number of halogens is 2. The zero-order chi connectivity index (χ0) is 21.5. The van der Waals surface area contributed by atoms with Crippen molar-refractivity contribution in [2.45, 2.75) is 27.3 Å². The molecule has 0 saturated carbocycles. The van der Waals surface area contributed by atoms with Gasteiger partial charge in [-0.25, -0.2) is 0 Å². The van der Waals surface area contributed by atoms with Gasteiger partial charge in [-0.1, -0.05) is 29.3 Å². The van der Waals surface area contributed by atoms with Crippen LogP contribution in [-0.2, 0) is 13.6 Å². The fraction of sp³-hybridized carbons (Fsp3) is 0.278. The SMILES string of the molecule is Cc1nn(Cc2ccc(Cl)cc2Cl)c(C)c1NC(=O)c1nn(C)c(C)c1[N+](=O)[O-]. The molecule has 0 saturated heterocycles. The second kappa shape index (κ2) is 7.84. The number of anilines is 1. The number of rotatable bonds is 5. The van der Waals surface area contributed by atoms with Crippen molar-refractivity contribution in [1.29, 1.82) is 0 Å². The molecule has 0 spiro atoms. The summed E-state index contributed by atoms with van der Waals surface area (Å²) in [5.74, 6) is -0.671. The Morgan fingerprint density at radius 3 is 2.52 bits per heavy atom. The molecule has 3 aromatic rings. The normalized spacial score (nSPS) is 11.0. The summed E-state index contributed by atoms with van der Waals surface area (Å²) in [5, 5.41) is 23.5. The van der Waals surface area contributed by atoms with Crippen molar-refractivity contribution < 1.29 is 9.72 Å². The zero-order valence-corrected chi connectivity index (χ0v) is 17.7. The zero-order valence-electron chi connectivity index (χ0n) is 16.2. The molecule has 0 bridgehead atoms. The number of aromatic nitrogens is 4. The molecule has 152 valence electrons. The molecule has 0 radical (unpaired) electrons. The van der Waals surface area contributed by atoms with Gasteiger partial charge in [-0.2, -0.15) is 10.2 Å². The molecule has 0 atom stereocenters. The third-order valence-corrected chi connectivity index (χ3v) is 5.24. The largest absolute Gasteiger partial charge is 0.322 e. The number of carbonyl (C=O) groups excluding carboxylic acids is 1. The van der Waals surface area contributed by atoms with Crippen molar-refractivity contribution >= 4 is 40.5 Å². The second-order valence-corrected chi connectivity index (χ2v) is 7.40. The van der Waals surface area contributed by atoms with E-state index < -0.39 is 10.8 Å². The van der Waals surface area contributed by atoms with E-state index in [1.807, 2.05) is 0 Å². The molecule has 1 aromatic carbocycles. The van der Waals surface area contributed by atoms with Crippen LogP contribution in [0.1, 0.15) is 33.1 Å². The molecule has 0 aliphatic rings. The maximum Gasteiger partial charge on any atom is 0.322 e. The molecule has 1 N–H and O–H groups in total. The molecule has 2 aromatic heterocycles. The number of amides is 1. The van der Waals surface area contributed by atoms with Gasteiger partial charge in [0.2, 0.25) is 5.69 Å². The molecule has 0 aliphatic carbocycles. The maximum absolute atomic E-state index is 12.7. The summed E-state index contributed by atoms with van der Waals surface area (Å²) in [6, 6.07) is 5.19. The van der Waals surface area contributed by atoms with Gasteiger partial charge < -0.3 is 5.32 Å². The van der Waals surface area contributed by atoms with Crippen LogP contribution in [-0.4, -0.2) is 30.4 Å². The summed E-state index contributed by atoms with van der Waals surface area (Å²) in [6.45, 7) is 5.44. The van der Waals surface area contributed by atoms with Gasteiger partial charge in [0.05, 0.1) is 28.5 Å². The fourth-order valence-electron chi connectivity index (χ4n) is 2.98. The van der Waals surface area contributed by atoms with Gasteiger partial charge in [0.1, 0.15) is 5.69 Å². The highest BCUT2D eigenvalue weighted by molar-refractivity contribution is 6.35. The molecule has 0 fully saturated rings. The van der Waals surface area contributed by atoms with Gasteiger partial charge in [0.15, 0.2) is 0 Å². The summed E-state index contributed by atoms with van der Waals surface area (Å²) in [7, 11) is 1.55. The van der Waals surface area contributed by atoms with Crippen LogP contribution in [0.4, 0.5) is 11.4 Å². The van der Waals surface area contributed by atoms with E-state index in [9.17, 15) is 14.9 Å². The van der Waals surface area contributed by atoms with E-state index in [1.165, 1.54) is 11.6 Å². The van der Waals surface area contributed by atoms with Crippen LogP contribution in [0, 0.1) is 30.9 Å². The Kier molecular flexibility index (Phi) is 5.63. The van der Waals surface area contributed by atoms with Crippen LogP contribution in [0.3, 0.4) is 0 Å². The van der Waals surface area contributed by atoms with Gasteiger partial charge in [-0.05, 0) is 38.5 Å². The smallest absolute Gasteiger partial charge is 0.317 e. The van der Waals surface area contributed by atoms with E-state index in [1.54, 1.807) is 43.8 Å². The first-order valence-electron chi connectivity index (χ1n) is 8.57. The number of hydrogen-bond donors (Lipinski definition) is 1. The van der Waals surface area contributed by atoms with Crippen LogP contribution >= 0.6 is 23.2 Å². The minimum absolute atomic E-state index is 0.248. The Bertz CT molecular complexity index is 1140. The van der Waals surface area contributed by atoms with Crippen LogP contribution in [0.25, 0.3) is 0 Å². The minimum atomic E-state index is -0.671. The third-order valence-electron chi connectivity index (χ3n) is 4.66. The van der Waals surface area contributed by atoms with Crippen LogP contribution in [0.5, 0.6) is 0 Å². The van der Waals surface area contributed by atoms with E-state index >= 15 is 0 Å². The van der Waals surface area contributed by atoms with E-state index in [2.05, 4.69) is 15.5 Å². The Hall–Kier alpha value is -2.91. The highest BCUT2D eigenvalue weighted by Crippen LogP contribution is 2.27. The molecule has 1 amide bonds. The van der Waals surface area contributed by atoms with E-state index in [4.69, 9.17) is 23.2 Å². The first-order valence-corrected chi connectivity index (χ1v) is 9.33. The summed E-state index contributed by atoms with van der Waals surface area (Å²) in [6.07, 6.45) is 0. The topological polar surface area (TPSA) is 108 Å². The predicted octanol–water partition coefficient (Wildman–Crippen LogP) is 4.06. The number of benzene rings is 1. The van der Waals surface area contributed by atoms with Gasteiger partial charge in [-0.3, -0.25) is 24.3 Å². The molecule has 3 rings (SSSR count). The van der Waals surface area contributed by atoms with Crippen molar-refractivity contribution in [3.63, 3.8) is 0 Å². The number of aryl methyl sites for hydroxylation is 2. The molecular weight excluding hydrogens is 419 g/mol. The van der Waals surface area contributed by atoms with Crippen LogP contribution in [0.2, 0.25) is 10.0 Å². The molecule has 2 heterocycles. The van der Waals surface area contributed by atoms with Crippen molar-refractivity contribution in [3.05, 3.63) is 66.7 Å². The summed E-state index contributed by atoms with van der Waals surface area (Å²) in [5.41, 5.74) is 2.26. The number of nitrogens with one attached hydrogen (secondary N) is 1. The maximum atomic E-state index is 12.7. The van der Waals surface area contributed by atoms with E-state index in [-0.39, 0.29) is 11.4 Å². The Balaban J connectivity index is 1.90. The highest BCUT2D eigenvalue weighted by atomic mass is 35.5. The Morgan fingerprint density at radius 2 is 1.90 bits per heavy atom. The van der Waals surface area contributed by atoms with Gasteiger partial charge in [0, 0.05) is 17.1 Å². The lowest BCUT2D eigenvalue weighted by atomic mass is 10.2. The summed E-state index contributed by atoms with van der Waals surface area (Å²) >= 11 is 12.2. The third kappa shape index (κ3) is 3.96. The van der Waals surface area contributed by atoms with Gasteiger partial charge >= 0.3 is 5.69 Å². The van der Waals surface area contributed by atoms with Crippen molar-refractivity contribution in [2.75, 3.05) is 5.32 Å². The Morgan fingerprint density at radius 1 is 1.21 bits per heavy atom. The first kappa shape index (κ1) is 20.8. The standard InChI is InChI=1S/C18H18Cl2N6O3/c1-9-15(21-18(27)16-17(26(28)29)11(3)24(4)23-16)10(2)25(22-9)8-12-5-6-13(19)7-14(12)20/h5-7H,8H2,1-4H3,(H,21,27). The number of nitro groups is 1. The van der Waals surface area contributed by atoms with Crippen molar-refractivity contribution in [1.82, 2.24) is 19.6 Å². The molecule has 9 nitrogen and oxygen atoms in total. The van der Waals surface area contributed by atoms with Crippen molar-refractivity contribution in [2.24, 2.45) is 7.05 Å². The molecule has 0 aliphatic heterocycles. The van der Waals surface area contributed by atoms with E-state index in [0.29, 0.717) is 39.4 Å². The second-order valence-electron chi connectivity index (χ2n) is 6.56. The van der Waals surface area contributed by atoms with Crippen LogP contribution in [0.15, 0.2) is 18.2 Å². The number of nitrogens with zero attached hydrogens (tertiary/aromatic N) is 5. The van der Waals surface area contributed by atoms with E-state index in [0.717, 1.165) is 5.56 Å². The summed E-state index contributed by atoms with van der Waals surface area (Å²) < 4.78 is 3.00. The first-order chi connectivity index (χ1) is 13.6. The Labute approximate surface area is 176 Å². The average Bonchev–Trinajstić information content (AvgIpc) is 3.08.